The third kappa shape index (κ3) is 6.35. The molecule has 0 radical (unpaired) electrons. The lowest BCUT2D eigenvalue weighted by Gasteiger charge is -2.20. The van der Waals surface area contributed by atoms with E-state index in [9.17, 15) is 15.2 Å². The van der Waals surface area contributed by atoms with Crippen LogP contribution in [0.3, 0.4) is 0 Å². The molecule has 0 saturated carbocycles. The van der Waals surface area contributed by atoms with E-state index < -0.39 is 5.97 Å². The summed E-state index contributed by atoms with van der Waals surface area (Å²) in [4.78, 5) is 17.9. The number of nitriles is 1. The van der Waals surface area contributed by atoms with Crippen molar-refractivity contribution < 1.29 is 28.9 Å². The summed E-state index contributed by atoms with van der Waals surface area (Å²) in [5.41, 5.74) is 8.13. The van der Waals surface area contributed by atoms with Crippen molar-refractivity contribution in [1.29, 1.82) is 10.7 Å². The van der Waals surface area contributed by atoms with Crippen molar-refractivity contribution >= 4 is 17.1 Å². The van der Waals surface area contributed by atoms with Crippen molar-refractivity contribution in [2.75, 3.05) is 20.2 Å². The fourth-order valence-corrected chi connectivity index (χ4v) is 7.29. The monoisotopic (exact) mass is 673 g/mol. The molecule has 1 aliphatic heterocycles. The molecule has 0 bridgehead atoms. The molecule has 3 aromatic carbocycles. The van der Waals surface area contributed by atoms with Crippen LogP contribution < -0.4 is 15.0 Å². The Bertz CT molecular complexity index is 2200. The largest absolute Gasteiger partial charge is 0.496 e. The predicted octanol–water partition coefficient (Wildman–Crippen LogP) is 6.13. The first-order chi connectivity index (χ1) is 24.2. The summed E-state index contributed by atoms with van der Waals surface area (Å²) < 4.78 is 20.0. The fourth-order valence-electron chi connectivity index (χ4n) is 7.29. The Hall–Kier alpha value is -5.44. The van der Waals surface area contributed by atoms with Crippen LogP contribution in [0, 0.1) is 23.7 Å². The van der Waals surface area contributed by atoms with Crippen LogP contribution in [0.1, 0.15) is 59.6 Å². The molecule has 50 heavy (non-hydrogen) atoms. The van der Waals surface area contributed by atoms with Crippen molar-refractivity contribution in [2.45, 2.75) is 64.3 Å². The lowest BCUT2D eigenvalue weighted by molar-refractivity contribution is -0.137. The van der Waals surface area contributed by atoms with Crippen LogP contribution in [0.15, 0.2) is 65.2 Å². The van der Waals surface area contributed by atoms with Crippen molar-refractivity contribution in [3.8, 4) is 40.1 Å². The molecule has 11 heteroatoms. The van der Waals surface area contributed by atoms with Crippen molar-refractivity contribution in [3.05, 3.63) is 94.1 Å². The quantitative estimate of drug-likeness (QED) is 0.150. The van der Waals surface area contributed by atoms with Gasteiger partial charge in [-0.2, -0.15) is 5.26 Å². The number of methoxy groups -OCH3 is 1. The number of β-amino-alcohol motifs (C(OH)–C–C–N with tert-alkyl or cyclic N) is 1. The van der Waals surface area contributed by atoms with E-state index in [0.717, 1.165) is 77.2 Å². The van der Waals surface area contributed by atoms with Gasteiger partial charge in [-0.3, -0.25) is 15.1 Å². The van der Waals surface area contributed by atoms with Crippen LogP contribution >= 0.6 is 0 Å². The number of pyridine rings is 1. The number of nitrogens with one attached hydrogen (secondary N) is 1. The van der Waals surface area contributed by atoms with E-state index in [1.165, 1.54) is 11.8 Å². The second-order valence-corrected chi connectivity index (χ2v) is 13.0. The zero-order chi connectivity index (χ0) is 34.9. The number of aliphatic hydroxyl groups excluding tert-OH is 1. The second kappa shape index (κ2) is 13.8. The Kier molecular flexibility index (Phi) is 9.14. The lowest BCUT2D eigenvalue weighted by Crippen LogP contribution is -2.21. The number of benzene rings is 3. The number of nitrogens with zero attached hydrogens (tertiary/aromatic N) is 4. The second-order valence-electron chi connectivity index (χ2n) is 13.0. The number of rotatable bonds is 11. The zero-order valence-corrected chi connectivity index (χ0v) is 28.1. The van der Waals surface area contributed by atoms with E-state index >= 15 is 0 Å². The number of fused-ring (bicyclic) bond motifs is 2. The van der Waals surface area contributed by atoms with Gasteiger partial charge in [0.25, 0.3) is 0 Å². The van der Waals surface area contributed by atoms with E-state index in [1.807, 2.05) is 37.3 Å². The molecule has 3 N–H and O–H groups in total. The van der Waals surface area contributed by atoms with Crippen LogP contribution in [0.5, 0.6) is 11.5 Å². The standard InChI is InChI=1S/C39H39N5O6/c1-23-28(6-3-7-29(23)39-42-36-37(50-39)25(19-40)21-44(38(36)41)16-5-10-35(46)47)30-8-4-9-32-31(30)13-14-33(32)49-27-12-11-24(34(18-27)48-2)20-43-17-15-26(45)22-43/h3-4,6-9,11-12,18,21,26,33,41,45H,5,10,13-17,20,22H2,1-2H3,(H,46,47)/t26-,33+/m1/s1. The van der Waals surface area contributed by atoms with Gasteiger partial charge in [-0.05, 0) is 72.6 Å². The Labute approximate surface area is 289 Å². The van der Waals surface area contributed by atoms with Gasteiger partial charge in [0.2, 0.25) is 5.89 Å². The molecular weight excluding hydrogens is 634 g/mol. The summed E-state index contributed by atoms with van der Waals surface area (Å²) in [5.74, 6) is 0.930. The summed E-state index contributed by atoms with van der Waals surface area (Å²) in [6, 6.07) is 20.4. The van der Waals surface area contributed by atoms with Crippen LogP contribution in [0.4, 0.5) is 0 Å². The molecule has 256 valence electrons. The topological polar surface area (TPSA) is 158 Å². The van der Waals surface area contributed by atoms with Gasteiger partial charge in [0.05, 0.1) is 13.2 Å². The van der Waals surface area contributed by atoms with Crippen LogP contribution in [0.25, 0.3) is 33.7 Å². The summed E-state index contributed by atoms with van der Waals surface area (Å²) in [5, 5.41) is 37.5. The molecule has 11 nitrogen and oxygen atoms in total. The van der Waals surface area contributed by atoms with Crippen molar-refractivity contribution in [2.24, 2.45) is 0 Å². The summed E-state index contributed by atoms with van der Waals surface area (Å²) in [7, 11) is 1.67. The molecule has 1 saturated heterocycles. The van der Waals surface area contributed by atoms with Gasteiger partial charge < -0.3 is 28.7 Å². The highest BCUT2D eigenvalue weighted by molar-refractivity contribution is 5.83. The number of aryl methyl sites for hydroxylation is 1. The number of hydrogen-bond acceptors (Lipinski definition) is 9. The van der Waals surface area contributed by atoms with Gasteiger partial charge in [0, 0.05) is 56.0 Å². The fraction of sp³-hybridized carbons (Fsp3) is 0.333. The van der Waals surface area contributed by atoms with Crippen LogP contribution in [0.2, 0.25) is 0 Å². The molecule has 0 spiro atoms. The third-order valence-electron chi connectivity index (χ3n) is 9.83. The number of ether oxygens (including phenoxy) is 2. The number of hydrogen-bond donors (Lipinski definition) is 3. The maximum absolute atomic E-state index is 11.0. The Morgan fingerprint density at radius 3 is 2.70 bits per heavy atom. The van der Waals surface area contributed by atoms with E-state index in [2.05, 4.69) is 40.2 Å². The summed E-state index contributed by atoms with van der Waals surface area (Å²) in [6.07, 6.45) is 3.92. The van der Waals surface area contributed by atoms with Gasteiger partial charge in [0.1, 0.15) is 29.2 Å². The summed E-state index contributed by atoms with van der Waals surface area (Å²) >= 11 is 0. The molecule has 3 heterocycles. The van der Waals surface area contributed by atoms with E-state index in [4.69, 9.17) is 24.4 Å². The molecule has 1 aliphatic carbocycles. The number of carbonyl (C=O) groups is 1. The number of aliphatic carboxylic acids is 1. The maximum Gasteiger partial charge on any atom is 0.303 e. The first kappa shape index (κ1) is 33.1. The number of likely N-dealkylation sites (tertiary alicyclic amines) is 1. The minimum Gasteiger partial charge on any atom is -0.496 e. The zero-order valence-electron chi connectivity index (χ0n) is 28.1. The molecule has 7 rings (SSSR count). The average molecular weight is 674 g/mol. The van der Waals surface area contributed by atoms with Crippen molar-refractivity contribution in [3.63, 3.8) is 0 Å². The lowest BCUT2D eigenvalue weighted by atomic mass is 9.91. The number of carboxylic acids is 1. The average Bonchev–Trinajstić information content (AvgIpc) is 3.85. The molecule has 2 atom stereocenters. The minimum absolute atomic E-state index is 0.0354. The highest BCUT2D eigenvalue weighted by Crippen LogP contribution is 2.43. The molecule has 5 aromatic rings. The molecular formula is C39H39N5O6. The Balaban J connectivity index is 1.16. The number of carboxylic acid groups (broad SMARTS) is 1. The van der Waals surface area contributed by atoms with E-state index in [0.29, 0.717) is 18.9 Å². The Morgan fingerprint density at radius 1 is 1.14 bits per heavy atom. The van der Waals surface area contributed by atoms with Gasteiger partial charge in [-0.25, -0.2) is 4.98 Å². The minimum atomic E-state index is -0.910. The first-order valence-corrected chi connectivity index (χ1v) is 16.9. The smallest absolute Gasteiger partial charge is 0.303 e. The molecule has 0 unspecified atom stereocenters. The molecule has 2 aromatic heterocycles. The third-order valence-corrected chi connectivity index (χ3v) is 9.83. The van der Waals surface area contributed by atoms with Gasteiger partial charge in [-0.15, -0.1) is 0 Å². The van der Waals surface area contributed by atoms with E-state index in [1.54, 1.807) is 11.7 Å². The van der Waals surface area contributed by atoms with Gasteiger partial charge >= 0.3 is 5.97 Å². The van der Waals surface area contributed by atoms with Crippen LogP contribution in [-0.4, -0.2) is 56.9 Å². The molecule has 1 fully saturated rings. The van der Waals surface area contributed by atoms with E-state index in [-0.39, 0.29) is 47.3 Å². The number of aliphatic hydroxyl groups is 1. The maximum atomic E-state index is 11.0. The molecule has 2 aliphatic rings. The highest BCUT2D eigenvalue weighted by Gasteiger charge is 2.28. The number of aromatic nitrogens is 2. The van der Waals surface area contributed by atoms with Gasteiger partial charge in [0.15, 0.2) is 16.6 Å². The number of oxazole rings is 1. The normalized spacial score (nSPS) is 17.2. The predicted molar refractivity (Wildman–Crippen MR) is 186 cm³/mol. The Morgan fingerprint density at radius 2 is 1.94 bits per heavy atom. The molecule has 0 amide bonds. The van der Waals surface area contributed by atoms with Crippen LogP contribution in [-0.2, 0) is 24.3 Å². The highest BCUT2D eigenvalue weighted by atomic mass is 16.5. The van der Waals surface area contributed by atoms with Gasteiger partial charge in [-0.1, -0.05) is 36.4 Å². The first-order valence-electron chi connectivity index (χ1n) is 16.9. The van der Waals surface area contributed by atoms with Crippen molar-refractivity contribution in [1.82, 2.24) is 14.5 Å². The SMILES string of the molecule is COc1cc(O[C@H]2CCc3c(-c4cccc(-c5nc6c(=N)n(CCCC(=O)O)cc(C#N)c6o5)c4C)cccc32)ccc1CN1CC[C@@H](O)C1. The summed E-state index contributed by atoms with van der Waals surface area (Å²) in [6.45, 7) is 4.56.